The van der Waals surface area contributed by atoms with Gasteiger partial charge in [-0.05, 0) is 42.5 Å². The van der Waals surface area contributed by atoms with Crippen LogP contribution in [0, 0.1) is 16.0 Å². The molecule has 0 saturated heterocycles. The van der Waals surface area contributed by atoms with Crippen LogP contribution in [0.3, 0.4) is 0 Å². The van der Waals surface area contributed by atoms with E-state index < -0.39 is 0 Å². The van der Waals surface area contributed by atoms with Crippen LogP contribution in [0.1, 0.15) is 49.3 Å². The predicted octanol–water partition coefficient (Wildman–Crippen LogP) is 5.16. The number of nitro benzene ring substituents is 1. The molecule has 1 heterocycles. The van der Waals surface area contributed by atoms with E-state index in [0.29, 0.717) is 6.42 Å². The Labute approximate surface area is 163 Å². The maximum atomic E-state index is 11.9. The lowest BCUT2D eigenvalue weighted by atomic mass is 9.76. The van der Waals surface area contributed by atoms with Gasteiger partial charge in [-0.15, -0.1) is 0 Å². The molecule has 6 heteroatoms. The number of benzene rings is 2. The molecule has 1 aliphatic carbocycles. The first-order valence-corrected chi connectivity index (χ1v) is 9.68. The van der Waals surface area contributed by atoms with Crippen LogP contribution in [0.25, 0.3) is 0 Å². The molecule has 144 valence electrons. The summed E-state index contributed by atoms with van der Waals surface area (Å²) in [6.07, 6.45) is 6.50. The van der Waals surface area contributed by atoms with E-state index in [0.717, 1.165) is 35.3 Å². The van der Waals surface area contributed by atoms with Gasteiger partial charge in [0.15, 0.2) is 0 Å². The lowest BCUT2D eigenvalue weighted by Crippen LogP contribution is -2.29. The van der Waals surface area contributed by atoms with Gasteiger partial charge in [0, 0.05) is 29.8 Å². The summed E-state index contributed by atoms with van der Waals surface area (Å²) < 4.78 is 0. The number of fused-ring (bicyclic) bond motifs is 3. The number of carbonyl (C=O) groups is 1. The monoisotopic (exact) mass is 377 g/mol. The average molecular weight is 377 g/mol. The lowest BCUT2D eigenvalue weighted by Gasteiger charge is -2.37. The summed E-state index contributed by atoms with van der Waals surface area (Å²) in [4.78, 5) is 23.2. The number of nitrogens with zero attached hydrogens (tertiary/aromatic N) is 1. The minimum absolute atomic E-state index is 0.0162. The van der Waals surface area contributed by atoms with Gasteiger partial charge in [0.2, 0.25) is 5.91 Å². The van der Waals surface area contributed by atoms with Crippen molar-refractivity contribution < 1.29 is 9.72 Å². The molecule has 4 rings (SSSR count). The molecular formula is C22H23N3O3. The minimum atomic E-state index is -0.309. The normalized spacial score (nSPS) is 22.1. The summed E-state index contributed by atoms with van der Waals surface area (Å²) in [6.45, 7) is 1.98. The Kier molecular flexibility index (Phi) is 4.86. The van der Waals surface area contributed by atoms with Gasteiger partial charge in [-0.25, -0.2) is 0 Å². The first kappa shape index (κ1) is 18.2. The summed E-state index contributed by atoms with van der Waals surface area (Å²) in [6, 6.07) is 12.7. The molecule has 6 nitrogen and oxygen atoms in total. The number of nitro groups is 1. The number of anilines is 2. The molecule has 3 unspecified atom stereocenters. The number of carbonyl (C=O) groups excluding carboxylic acids is 1. The molecule has 1 amide bonds. The molecular weight excluding hydrogens is 354 g/mol. The summed E-state index contributed by atoms with van der Waals surface area (Å²) in [7, 11) is 0. The molecule has 28 heavy (non-hydrogen) atoms. The second-order valence-electron chi connectivity index (χ2n) is 7.39. The Hall–Kier alpha value is -3.15. The van der Waals surface area contributed by atoms with Crippen molar-refractivity contribution in [2.45, 2.75) is 38.1 Å². The van der Waals surface area contributed by atoms with Crippen LogP contribution in [0.2, 0.25) is 0 Å². The fourth-order valence-electron chi connectivity index (χ4n) is 4.35. The molecule has 2 aliphatic rings. The van der Waals surface area contributed by atoms with Crippen molar-refractivity contribution in [2.75, 3.05) is 10.6 Å². The Morgan fingerprint density at radius 1 is 1.25 bits per heavy atom. The zero-order valence-corrected chi connectivity index (χ0v) is 15.7. The molecule has 0 spiro atoms. The molecule has 0 bridgehead atoms. The van der Waals surface area contributed by atoms with E-state index in [2.05, 4.69) is 22.8 Å². The van der Waals surface area contributed by atoms with Gasteiger partial charge in [0.25, 0.3) is 5.69 Å². The van der Waals surface area contributed by atoms with Gasteiger partial charge < -0.3 is 10.6 Å². The van der Waals surface area contributed by atoms with E-state index in [9.17, 15) is 14.9 Å². The van der Waals surface area contributed by atoms with Gasteiger partial charge in [-0.2, -0.15) is 0 Å². The van der Waals surface area contributed by atoms with Crippen LogP contribution in [-0.4, -0.2) is 10.8 Å². The van der Waals surface area contributed by atoms with E-state index in [4.69, 9.17) is 0 Å². The van der Waals surface area contributed by atoms with E-state index in [1.807, 2.05) is 37.3 Å². The maximum Gasteiger partial charge on any atom is 0.274 e. The SMILES string of the molecule is CCCC(=O)Nc1ccc2c(c1)C1C=CCC1C(c1ccccc1[N+](=O)[O-])N2. The summed E-state index contributed by atoms with van der Waals surface area (Å²) >= 11 is 0. The fraction of sp³-hybridized carbons (Fsp3) is 0.318. The molecule has 2 aromatic carbocycles. The van der Waals surface area contributed by atoms with Crippen molar-refractivity contribution in [3.05, 3.63) is 75.9 Å². The highest BCUT2D eigenvalue weighted by Gasteiger charge is 2.40. The van der Waals surface area contributed by atoms with Crippen LogP contribution in [0.5, 0.6) is 0 Å². The van der Waals surface area contributed by atoms with Crippen molar-refractivity contribution >= 4 is 23.0 Å². The highest BCUT2D eigenvalue weighted by molar-refractivity contribution is 5.91. The van der Waals surface area contributed by atoms with Crippen molar-refractivity contribution in [2.24, 2.45) is 5.92 Å². The molecule has 2 N–H and O–H groups in total. The predicted molar refractivity (Wildman–Crippen MR) is 109 cm³/mol. The fourth-order valence-corrected chi connectivity index (χ4v) is 4.35. The Balaban J connectivity index is 1.69. The van der Waals surface area contributed by atoms with Crippen LogP contribution in [0.15, 0.2) is 54.6 Å². The summed E-state index contributed by atoms with van der Waals surface area (Å²) in [5, 5.41) is 18.0. The number of hydrogen-bond donors (Lipinski definition) is 2. The Morgan fingerprint density at radius 3 is 2.86 bits per heavy atom. The standard InChI is InChI=1S/C22H23N3O3/c1-2-6-21(26)23-14-11-12-19-18(13-14)15-8-5-9-16(15)22(24-19)17-7-3-4-10-20(17)25(27)28/h3-5,7-8,10-13,15-16,22,24H,2,6,9H2,1H3,(H,23,26). The number of rotatable bonds is 5. The number of nitrogens with one attached hydrogen (secondary N) is 2. The van der Waals surface area contributed by atoms with Gasteiger partial charge >= 0.3 is 0 Å². The van der Waals surface area contributed by atoms with Gasteiger partial charge in [-0.3, -0.25) is 14.9 Å². The third kappa shape index (κ3) is 3.26. The van der Waals surface area contributed by atoms with E-state index >= 15 is 0 Å². The van der Waals surface area contributed by atoms with Crippen molar-refractivity contribution in [1.82, 2.24) is 0 Å². The number of allylic oxidation sites excluding steroid dienone is 2. The van der Waals surface area contributed by atoms with E-state index in [-0.39, 0.29) is 34.4 Å². The van der Waals surface area contributed by atoms with Gasteiger partial charge in [-0.1, -0.05) is 37.3 Å². The van der Waals surface area contributed by atoms with Crippen molar-refractivity contribution in [3.63, 3.8) is 0 Å². The van der Waals surface area contributed by atoms with Crippen LogP contribution < -0.4 is 10.6 Å². The zero-order chi connectivity index (χ0) is 19.7. The first-order valence-electron chi connectivity index (χ1n) is 9.68. The van der Waals surface area contributed by atoms with E-state index in [1.165, 1.54) is 0 Å². The number of amides is 1. The smallest absolute Gasteiger partial charge is 0.274 e. The zero-order valence-electron chi connectivity index (χ0n) is 15.7. The van der Waals surface area contributed by atoms with Crippen molar-refractivity contribution in [3.8, 4) is 0 Å². The second kappa shape index (κ2) is 7.46. The molecule has 0 radical (unpaired) electrons. The molecule has 2 aromatic rings. The maximum absolute atomic E-state index is 11.9. The Bertz CT molecular complexity index is 954. The summed E-state index contributed by atoms with van der Waals surface area (Å²) in [5.74, 6) is 0.391. The van der Waals surface area contributed by atoms with Crippen molar-refractivity contribution in [1.29, 1.82) is 0 Å². The summed E-state index contributed by atoms with van der Waals surface area (Å²) in [5.41, 5.74) is 3.75. The first-order chi connectivity index (χ1) is 13.6. The quantitative estimate of drug-likeness (QED) is 0.428. The molecule has 0 saturated carbocycles. The molecule has 0 aromatic heterocycles. The van der Waals surface area contributed by atoms with Gasteiger partial charge in [0.05, 0.1) is 16.5 Å². The molecule has 3 atom stereocenters. The Morgan fingerprint density at radius 2 is 2.07 bits per heavy atom. The van der Waals surface area contributed by atoms with Gasteiger partial charge in [0.1, 0.15) is 0 Å². The molecule has 1 aliphatic heterocycles. The van der Waals surface area contributed by atoms with E-state index in [1.54, 1.807) is 12.1 Å². The third-order valence-corrected chi connectivity index (χ3v) is 5.59. The average Bonchev–Trinajstić information content (AvgIpc) is 3.18. The van der Waals surface area contributed by atoms with Crippen LogP contribution >= 0.6 is 0 Å². The minimum Gasteiger partial charge on any atom is -0.377 e. The largest absolute Gasteiger partial charge is 0.377 e. The second-order valence-corrected chi connectivity index (χ2v) is 7.39. The topological polar surface area (TPSA) is 84.3 Å². The van der Waals surface area contributed by atoms with Crippen LogP contribution in [-0.2, 0) is 4.79 Å². The highest BCUT2D eigenvalue weighted by atomic mass is 16.6. The highest BCUT2D eigenvalue weighted by Crippen LogP contribution is 2.51. The number of para-hydroxylation sites is 1. The molecule has 0 fully saturated rings. The van der Waals surface area contributed by atoms with Crippen LogP contribution in [0.4, 0.5) is 17.1 Å². The third-order valence-electron chi connectivity index (χ3n) is 5.59. The number of hydrogen-bond acceptors (Lipinski definition) is 4. The lowest BCUT2D eigenvalue weighted by molar-refractivity contribution is -0.385.